The summed E-state index contributed by atoms with van der Waals surface area (Å²) in [4.78, 5) is 21.3. The quantitative estimate of drug-likeness (QED) is 0.494. The topological polar surface area (TPSA) is 68.0 Å². The molecule has 5 rings (SSSR count). The molecule has 0 saturated heterocycles. The zero-order valence-electron chi connectivity index (χ0n) is 17.1. The van der Waals surface area contributed by atoms with Crippen LogP contribution in [0.25, 0.3) is 22.3 Å². The van der Waals surface area contributed by atoms with E-state index in [-0.39, 0.29) is 0 Å². The van der Waals surface area contributed by atoms with Crippen LogP contribution >= 0.6 is 0 Å². The van der Waals surface area contributed by atoms with Crippen LogP contribution in [0.15, 0.2) is 54.6 Å². The highest BCUT2D eigenvalue weighted by atomic mass is 16.4. The van der Waals surface area contributed by atoms with E-state index in [1.807, 2.05) is 31.2 Å². The number of fused-ring (bicyclic) bond motifs is 1. The molecule has 2 aromatic heterocycles. The van der Waals surface area contributed by atoms with Crippen molar-refractivity contribution in [1.82, 2.24) is 14.5 Å². The molecule has 5 nitrogen and oxygen atoms in total. The van der Waals surface area contributed by atoms with E-state index in [1.54, 1.807) is 12.1 Å². The largest absolute Gasteiger partial charge is 0.478 e. The second-order valence-corrected chi connectivity index (χ2v) is 8.13. The van der Waals surface area contributed by atoms with Gasteiger partial charge in [-0.2, -0.15) is 0 Å². The molecule has 0 aliphatic heterocycles. The van der Waals surface area contributed by atoms with Gasteiger partial charge in [0.2, 0.25) is 0 Å². The number of carboxylic acid groups (broad SMARTS) is 1. The lowest BCUT2D eigenvalue weighted by Gasteiger charge is -2.11. The molecule has 150 valence electrons. The van der Waals surface area contributed by atoms with Gasteiger partial charge in [-0.1, -0.05) is 42.5 Å². The minimum absolute atomic E-state index is 0.317. The molecule has 1 aliphatic carbocycles. The number of hydrogen-bond acceptors (Lipinski definition) is 3. The van der Waals surface area contributed by atoms with Gasteiger partial charge in [0.1, 0.15) is 11.3 Å². The van der Waals surface area contributed by atoms with E-state index >= 15 is 0 Å². The van der Waals surface area contributed by atoms with Gasteiger partial charge in [-0.25, -0.2) is 14.8 Å². The first-order valence-corrected chi connectivity index (χ1v) is 10.3. The minimum Gasteiger partial charge on any atom is -0.478 e. The van der Waals surface area contributed by atoms with Gasteiger partial charge in [0.25, 0.3) is 0 Å². The Morgan fingerprint density at radius 2 is 1.80 bits per heavy atom. The number of aromatic nitrogens is 3. The Kier molecular flexibility index (Phi) is 4.39. The van der Waals surface area contributed by atoms with Crippen molar-refractivity contribution in [3.63, 3.8) is 0 Å². The summed E-state index contributed by atoms with van der Waals surface area (Å²) in [6.07, 6.45) is 2.37. The van der Waals surface area contributed by atoms with Crippen LogP contribution in [0.3, 0.4) is 0 Å². The van der Waals surface area contributed by atoms with E-state index in [0.717, 1.165) is 39.4 Å². The maximum absolute atomic E-state index is 11.5. The fourth-order valence-electron chi connectivity index (χ4n) is 4.12. The van der Waals surface area contributed by atoms with Gasteiger partial charge in [-0.05, 0) is 61.1 Å². The van der Waals surface area contributed by atoms with E-state index in [0.29, 0.717) is 18.0 Å². The third-order valence-electron chi connectivity index (χ3n) is 5.76. The lowest BCUT2D eigenvalue weighted by Crippen LogP contribution is -2.06. The van der Waals surface area contributed by atoms with Gasteiger partial charge in [0, 0.05) is 11.6 Å². The Labute approximate surface area is 175 Å². The van der Waals surface area contributed by atoms with Gasteiger partial charge in [-0.15, -0.1) is 0 Å². The van der Waals surface area contributed by atoms with Gasteiger partial charge in [0.05, 0.1) is 12.1 Å². The molecular formula is C25H23N3O2. The second kappa shape index (κ2) is 7.10. The molecule has 5 heteroatoms. The maximum atomic E-state index is 11.5. The third kappa shape index (κ3) is 3.26. The summed E-state index contributed by atoms with van der Waals surface area (Å²) in [5.41, 5.74) is 7.22. The summed E-state index contributed by atoms with van der Waals surface area (Å²) in [5.74, 6) is 0.748. The predicted octanol–water partition coefficient (Wildman–Crippen LogP) is 5.34. The SMILES string of the molecule is Cc1cc(C)c2nc(C3CC3)n(Cc3ccc(-c4ccccc4C(=O)O)cc3)c2n1. The number of hydrogen-bond donors (Lipinski definition) is 1. The van der Waals surface area contributed by atoms with E-state index in [9.17, 15) is 9.90 Å². The van der Waals surface area contributed by atoms with Crippen molar-refractivity contribution >= 4 is 17.1 Å². The van der Waals surface area contributed by atoms with Crippen molar-refractivity contribution in [3.8, 4) is 11.1 Å². The first kappa shape index (κ1) is 18.6. The van der Waals surface area contributed by atoms with Gasteiger partial charge < -0.3 is 9.67 Å². The molecular weight excluding hydrogens is 374 g/mol. The van der Waals surface area contributed by atoms with E-state index in [2.05, 4.69) is 29.7 Å². The summed E-state index contributed by atoms with van der Waals surface area (Å²) in [5, 5.41) is 9.47. The molecule has 0 radical (unpaired) electrons. The fraction of sp³-hybridized carbons (Fsp3) is 0.240. The number of rotatable bonds is 5. The first-order valence-electron chi connectivity index (χ1n) is 10.3. The van der Waals surface area contributed by atoms with Crippen molar-refractivity contribution in [2.45, 2.75) is 39.2 Å². The van der Waals surface area contributed by atoms with Crippen LogP contribution in [0.1, 0.15) is 51.8 Å². The molecule has 2 aromatic carbocycles. The maximum Gasteiger partial charge on any atom is 0.336 e. The highest BCUT2D eigenvalue weighted by Crippen LogP contribution is 2.41. The predicted molar refractivity (Wildman–Crippen MR) is 117 cm³/mol. The van der Waals surface area contributed by atoms with E-state index in [1.165, 1.54) is 18.4 Å². The highest BCUT2D eigenvalue weighted by molar-refractivity contribution is 5.96. The Hall–Kier alpha value is -3.47. The van der Waals surface area contributed by atoms with Crippen LogP contribution in [0.5, 0.6) is 0 Å². The zero-order valence-corrected chi connectivity index (χ0v) is 17.1. The molecule has 0 spiro atoms. The number of imidazole rings is 1. The van der Waals surface area contributed by atoms with E-state index in [4.69, 9.17) is 9.97 Å². The average Bonchev–Trinajstić information content (AvgIpc) is 3.52. The fourth-order valence-corrected chi connectivity index (χ4v) is 4.12. The molecule has 1 aliphatic rings. The van der Waals surface area contributed by atoms with Crippen molar-refractivity contribution in [1.29, 1.82) is 0 Å². The Morgan fingerprint density at radius 3 is 2.50 bits per heavy atom. The molecule has 1 fully saturated rings. The number of nitrogens with zero attached hydrogens (tertiary/aromatic N) is 3. The molecule has 0 atom stereocenters. The lowest BCUT2D eigenvalue weighted by molar-refractivity contribution is 0.0697. The molecule has 0 unspecified atom stereocenters. The summed E-state index contributed by atoms with van der Waals surface area (Å²) in [6.45, 7) is 4.83. The molecule has 30 heavy (non-hydrogen) atoms. The molecule has 1 N–H and O–H groups in total. The van der Waals surface area contributed by atoms with Crippen molar-refractivity contribution in [2.75, 3.05) is 0 Å². The third-order valence-corrected chi connectivity index (χ3v) is 5.76. The van der Waals surface area contributed by atoms with Crippen LogP contribution in [-0.4, -0.2) is 25.6 Å². The van der Waals surface area contributed by atoms with Gasteiger partial charge in [-0.3, -0.25) is 0 Å². The number of benzene rings is 2. The lowest BCUT2D eigenvalue weighted by atomic mass is 9.99. The summed E-state index contributed by atoms with van der Waals surface area (Å²) in [7, 11) is 0. The summed E-state index contributed by atoms with van der Waals surface area (Å²) in [6, 6.07) is 17.3. The average molecular weight is 397 g/mol. The smallest absolute Gasteiger partial charge is 0.336 e. The summed E-state index contributed by atoms with van der Waals surface area (Å²) >= 11 is 0. The standard InChI is InChI=1S/C25H23N3O2/c1-15-13-16(2)26-24-22(15)27-23(19-11-12-19)28(24)14-17-7-9-18(10-8-17)20-5-3-4-6-21(20)25(29)30/h3-10,13,19H,11-12,14H2,1-2H3,(H,29,30). The van der Waals surface area contributed by atoms with Crippen molar-refractivity contribution in [3.05, 3.63) is 82.8 Å². The van der Waals surface area contributed by atoms with Crippen LogP contribution in [-0.2, 0) is 6.54 Å². The van der Waals surface area contributed by atoms with Crippen LogP contribution < -0.4 is 0 Å². The Balaban J connectivity index is 1.52. The first-order chi connectivity index (χ1) is 14.5. The molecule has 2 heterocycles. The number of carboxylic acids is 1. The van der Waals surface area contributed by atoms with Crippen LogP contribution in [0, 0.1) is 13.8 Å². The number of pyridine rings is 1. The molecule has 1 saturated carbocycles. The number of aromatic carboxylic acids is 1. The summed E-state index contributed by atoms with van der Waals surface area (Å²) < 4.78 is 2.26. The molecule has 4 aromatic rings. The highest BCUT2D eigenvalue weighted by Gasteiger charge is 2.30. The zero-order chi connectivity index (χ0) is 20.8. The number of aryl methyl sites for hydroxylation is 2. The monoisotopic (exact) mass is 397 g/mol. The minimum atomic E-state index is -0.912. The number of carbonyl (C=O) groups is 1. The van der Waals surface area contributed by atoms with E-state index < -0.39 is 5.97 Å². The molecule has 0 bridgehead atoms. The Morgan fingerprint density at radius 1 is 1.07 bits per heavy atom. The van der Waals surface area contributed by atoms with Crippen molar-refractivity contribution in [2.24, 2.45) is 0 Å². The van der Waals surface area contributed by atoms with Crippen LogP contribution in [0.2, 0.25) is 0 Å². The van der Waals surface area contributed by atoms with Crippen molar-refractivity contribution < 1.29 is 9.90 Å². The normalized spacial score (nSPS) is 13.7. The van der Waals surface area contributed by atoms with Gasteiger partial charge in [0.15, 0.2) is 5.65 Å². The second-order valence-electron chi connectivity index (χ2n) is 8.13. The van der Waals surface area contributed by atoms with Gasteiger partial charge >= 0.3 is 5.97 Å². The van der Waals surface area contributed by atoms with Crippen LogP contribution in [0.4, 0.5) is 0 Å². The Bertz CT molecular complexity index is 1270. The molecule has 0 amide bonds.